The lowest BCUT2D eigenvalue weighted by Crippen LogP contribution is -1.85. The molecule has 2 aromatic rings. The fraction of sp³-hybridized carbons (Fsp3) is 0. The predicted octanol–water partition coefficient (Wildman–Crippen LogP) is 1.06. The molecule has 2 rings (SSSR count). The summed E-state index contributed by atoms with van der Waals surface area (Å²) < 4.78 is 14.4. The molecule has 0 atom stereocenters. The van der Waals surface area contributed by atoms with Crippen LogP contribution >= 0.6 is 0 Å². The van der Waals surface area contributed by atoms with E-state index < -0.39 is 0 Å². The summed E-state index contributed by atoms with van der Waals surface area (Å²) in [6.07, 6.45) is 3.26. The number of fused-ring (bicyclic) bond motifs is 1. The molecule has 4 heteroatoms. The van der Waals surface area contributed by atoms with Crippen molar-refractivity contribution < 1.29 is 4.39 Å². The van der Waals surface area contributed by atoms with Gasteiger partial charge >= 0.3 is 0 Å². The van der Waals surface area contributed by atoms with Crippen LogP contribution in [0.1, 0.15) is 0 Å². The van der Waals surface area contributed by atoms with Gasteiger partial charge in [0.05, 0.1) is 6.20 Å². The Balaban J connectivity index is 2.90. The maximum Gasteiger partial charge on any atom is 0.175 e. The van der Waals surface area contributed by atoms with E-state index in [9.17, 15) is 4.39 Å². The molecule has 0 aliphatic carbocycles. The van der Waals surface area contributed by atoms with Gasteiger partial charge in [0.2, 0.25) is 0 Å². The minimum Gasteiger partial charge on any atom is -0.382 e. The predicted molar refractivity (Wildman–Crippen MR) is 39.6 cm³/mol. The number of nitrogens with two attached hydrogens (primary N) is 1. The normalized spacial score (nSPS) is 10.6. The van der Waals surface area contributed by atoms with Gasteiger partial charge in [0, 0.05) is 6.20 Å². The summed E-state index contributed by atoms with van der Waals surface area (Å²) in [5.41, 5.74) is 5.63. The van der Waals surface area contributed by atoms with Gasteiger partial charge < -0.3 is 10.1 Å². The average Bonchev–Trinajstić information content (AvgIpc) is 2.31. The van der Waals surface area contributed by atoms with E-state index in [2.05, 4.69) is 4.98 Å². The number of hydrogen-bond donors (Lipinski definition) is 1. The molecule has 3 nitrogen and oxygen atoms in total. The van der Waals surface area contributed by atoms with Crippen LogP contribution in [0.4, 0.5) is 10.2 Å². The van der Waals surface area contributed by atoms with Gasteiger partial charge in [-0.05, 0) is 12.1 Å². The van der Waals surface area contributed by atoms with Crippen LogP contribution in [0.25, 0.3) is 5.65 Å². The summed E-state index contributed by atoms with van der Waals surface area (Å²) in [5, 5.41) is 0. The molecule has 0 saturated heterocycles. The molecule has 0 saturated carbocycles. The molecule has 56 valence electrons. The van der Waals surface area contributed by atoms with Crippen LogP contribution in [-0.2, 0) is 0 Å². The monoisotopic (exact) mass is 151 g/mol. The molecule has 0 aliphatic heterocycles. The number of imidazole rings is 1. The van der Waals surface area contributed by atoms with E-state index in [-0.39, 0.29) is 11.5 Å². The summed E-state index contributed by atoms with van der Waals surface area (Å²) in [5.74, 6) is -0.0284. The van der Waals surface area contributed by atoms with Gasteiger partial charge in [-0.25, -0.2) is 9.37 Å². The summed E-state index contributed by atoms with van der Waals surface area (Å²) >= 11 is 0. The Morgan fingerprint density at radius 1 is 1.55 bits per heavy atom. The zero-order valence-electron chi connectivity index (χ0n) is 5.66. The van der Waals surface area contributed by atoms with Crippen LogP contribution < -0.4 is 5.73 Å². The molecule has 0 fully saturated rings. The Labute approximate surface area is 62.3 Å². The molecule has 0 bridgehead atoms. The van der Waals surface area contributed by atoms with E-state index in [0.717, 1.165) is 0 Å². The summed E-state index contributed by atoms with van der Waals surface area (Å²) in [6.45, 7) is 0. The second kappa shape index (κ2) is 1.95. The second-order valence-corrected chi connectivity index (χ2v) is 2.25. The standard InChI is InChI=1S/C7H6FN3/c8-5-2-1-3-11-4-6(9)10-7(5)11/h1-4H,9H2. The lowest BCUT2D eigenvalue weighted by Gasteiger charge is -1.90. The second-order valence-electron chi connectivity index (χ2n) is 2.25. The Hall–Kier alpha value is -1.58. The van der Waals surface area contributed by atoms with E-state index in [4.69, 9.17) is 5.73 Å². The zero-order chi connectivity index (χ0) is 7.84. The highest BCUT2D eigenvalue weighted by Gasteiger charge is 2.01. The highest BCUT2D eigenvalue weighted by Crippen LogP contribution is 2.09. The largest absolute Gasteiger partial charge is 0.382 e. The van der Waals surface area contributed by atoms with Gasteiger partial charge in [-0.1, -0.05) is 0 Å². The summed E-state index contributed by atoms with van der Waals surface area (Å²) in [4.78, 5) is 3.78. The van der Waals surface area contributed by atoms with E-state index in [0.29, 0.717) is 5.82 Å². The number of aromatic nitrogens is 2. The molecule has 2 heterocycles. The number of anilines is 1. The average molecular weight is 151 g/mol. The van der Waals surface area contributed by atoms with Crippen LogP contribution in [0.5, 0.6) is 0 Å². The Morgan fingerprint density at radius 3 is 3.09 bits per heavy atom. The zero-order valence-corrected chi connectivity index (χ0v) is 5.66. The van der Waals surface area contributed by atoms with Crippen molar-refractivity contribution in [3.05, 3.63) is 30.3 Å². The number of rotatable bonds is 0. The molecule has 0 spiro atoms. The summed E-state index contributed by atoms with van der Waals surface area (Å²) in [7, 11) is 0. The SMILES string of the molecule is Nc1cn2cccc(F)c2n1. The Kier molecular flexibility index (Phi) is 1.09. The van der Waals surface area contributed by atoms with Crippen molar-refractivity contribution in [2.24, 2.45) is 0 Å². The first-order valence-corrected chi connectivity index (χ1v) is 3.16. The maximum atomic E-state index is 12.9. The van der Waals surface area contributed by atoms with Crippen LogP contribution in [0, 0.1) is 5.82 Å². The van der Waals surface area contributed by atoms with Crippen molar-refractivity contribution in [1.82, 2.24) is 9.38 Å². The first-order chi connectivity index (χ1) is 5.27. The number of nitrogen functional groups attached to an aromatic ring is 1. The van der Waals surface area contributed by atoms with Gasteiger partial charge in [-0.15, -0.1) is 0 Å². The summed E-state index contributed by atoms with van der Waals surface area (Å²) in [6, 6.07) is 2.95. The van der Waals surface area contributed by atoms with Gasteiger partial charge in [-0.2, -0.15) is 0 Å². The molecule has 0 amide bonds. The number of nitrogens with zero attached hydrogens (tertiary/aromatic N) is 2. The molecule has 0 aliphatic rings. The fourth-order valence-corrected chi connectivity index (χ4v) is 0.998. The lowest BCUT2D eigenvalue weighted by molar-refractivity contribution is 0.630. The minimum absolute atomic E-state index is 0.269. The quantitative estimate of drug-likeness (QED) is 0.611. The van der Waals surface area contributed by atoms with Gasteiger partial charge in [0.1, 0.15) is 5.82 Å². The van der Waals surface area contributed by atoms with Gasteiger partial charge in [-0.3, -0.25) is 0 Å². The molecule has 0 radical (unpaired) electrons. The number of pyridine rings is 1. The number of hydrogen-bond acceptors (Lipinski definition) is 2. The van der Waals surface area contributed by atoms with Crippen molar-refractivity contribution in [1.29, 1.82) is 0 Å². The van der Waals surface area contributed by atoms with Crippen molar-refractivity contribution in [2.45, 2.75) is 0 Å². The van der Waals surface area contributed by atoms with Crippen molar-refractivity contribution in [2.75, 3.05) is 5.73 Å². The Morgan fingerprint density at radius 2 is 2.36 bits per heavy atom. The first kappa shape index (κ1) is 6.15. The molecular weight excluding hydrogens is 145 g/mol. The first-order valence-electron chi connectivity index (χ1n) is 3.16. The topological polar surface area (TPSA) is 43.3 Å². The lowest BCUT2D eigenvalue weighted by atomic mass is 10.4. The highest BCUT2D eigenvalue weighted by molar-refractivity contribution is 5.47. The highest BCUT2D eigenvalue weighted by atomic mass is 19.1. The molecule has 0 aromatic carbocycles. The molecule has 2 aromatic heterocycles. The van der Waals surface area contributed by atoms with E-state index in [1.54, 1.807) is 22.9 Å². The molecule has 0 unspecified atom stereocenters. The van der Waals surface area contributed by atoms with Crippen LogP contribution in [0.3, 0.4) is 0 Å². The third-order valence-corrected chi connectivity index (χ3v) is 1.45. The van der Waals surface area contributed by atoms with Crippen LogP contribution in [0.2, 0.25) is 0 Å². The van der Waals surface area contributed by atoms with Crippen LogP contribution in [0.15, 0.2) is 24.5 Å². The smallest absolute Gasteiger partial charge is 0.175 e. The van der Waals surface area contributed by atoms with Gasteiger partial charge in [0.25, 0.3) is 0 Å². The van der Waals surface area contributed by atoms with E-state index in [1.165, 1.54) is 6.07 Å². The molecular formula is C7H6FN3. The van der Waals surface area contributed by atoms with E-state index in [1.807, 2.05) is 0 Å². The fourth-order valence-electron chi connectivity index (χ4n) is 0.998. The number of halogens is 1. The van der Waals surface area contributed by atoms with Gasteiger partial charge in [0.15, 0.2) is 11.5 Å². The van der Waals surface area contributed by atoms with Crippen molar-refractivity contribution in [3.63, 3.8) is 0 Å². The minimum atomic E-state index is -0.357. The van der Waals surface area contributed by atoms with Crippen molar-refractivity contribution in [3.8, 4) is 0 Å². The molecule has 2 N–H and O–H groups in total. The maximum absolute atomic E-state index is 12.9. The molecule has 11 heavy (non-hydrogen) atoms. The van der Waals surface area contributed by atoms with E-state index >= 15 is 0 Å². The third-order valence-electron chi connectivity index (χ3n) is 1.45. The van der Waals surface area contributed by atoms with Crippen molar-refractivity contribution >= 4 is 11.5 Å². The Bertz CT molecular complexity index is 393. The van der Waals surface area contributed by atoms with Crippen LogP contribution in [-0.4, -0.2) is 9.38 Å². The third kappa shape index (κ3) is 0.832.